The van der Waals surface area contributed by atoms with E-state index in [4.69, 9.17) is 0 Å². The fourth-order valence-corrected chi connectivity index (χ4v) is 2.66. The summed E-state index contributed by atoms with van der Waals surface area (Å²) < 4.78 is 14.0. The molecule has 106 valence electrons. The van der Waals surface area contributed by atoms with Crippen molar-refractivity contribution in [3.05, 3.63) is 29.6 Å². The largest absolute Gasteiger partial charge is 0.393 e. The van der Waals surface area contributed by atoms with Gasteiger partial charge in [0.1, 0.15) is 5.82 Å². The molecule has 1 aromatic rings. The average Bonchev–Trinajstić information content (AvgIpc) is 2.38. The van der Waals surface area contributed by atoms with Crippen molar-refractivity contribution in [1.82, 2.24) is 0 Å². The van der Waals surface area contributed by atoms with Crippen LogP contribution in [0.2, 0.25) is 0 Å². The highest BCUT2D eigenvalue weighted by Gasteiger charge is 2.24. The first-order chi connectivity index (χ1) is 8.99. The molecule has 0 saturated carbocycles. The van der Waals surface area contributed by atoms with Crippen molar-refractivity contribution < 1.29 is 14.6 Å². The summed E-state index contributed by atoms with van der Waals surface area (Å²) in [6.07, 6.45) is 0.832. The van der Waals surface area contributed by atoms with Crippen molar-refractivity contribution >= 4 is 5.69 Å². The van der Waals surface area contributed by atoms with Crippen LogP contribution >= 0.6 is 0 Å². The van der Waals surface area contributed by atoms with Gasteiger partial charge in [0.15, 0.2) is 0 Å². The van der Waals surface area contributed by atoms with Crippen LogP contribution in [-0.4, -0.2) is 29.4 Å². The Balaban J connectivity index is 2.07. The summed E-state index contributed by atoms with van der Waals surface area (Å²) in [5.41, 5.74) is 1.19. The van der Waals surface area contributed by atoms with Gasteiger partial charge in [-0.1, -0.05) is 6.07 Å². The smallest absolute Gasteiger partial charge is 0.146 e. The Bertz CT molecular complexity index is 426. The number of hydrogen-bond donors (Lipinski definition) is 2. The van der Waals surface area contributed by atoms with Crippen LogP contribution in [0.5, 0.6) is 0 Å². The minimum atomic E-state index is -0.649. The molecule has 1 unspecified atom stereocenters. The van der Waals surface area contributed by atoms with Crippen molar-refractivity contribution in [3.8, 4) is 0 Å². The SMILES string of the molecule is CC(O)C1CCN(c2ccc([C@@H](C)O)cc2F)CC1. The molecule has 1 aromatic carbocycles. The highest BCUT2D eigenvalue weighted by atomic mass is 19.1. The highest BCUT2D eigenvalue weighted by Crippen LogP contribution is 2.28. The lowest BCUT2D eigenvalue weighted by Crippen LogP contribution is -2.37. The van der Waals surface area contributed by atoms with Crippen LogP contribution in [0.15, 0.2) is 18.2 Å². The van der Waals surface area contributed by atoms with Gasteiger partial charge >= 0.3 is 0 Å². The number of aliphatic hydroxyl groups excluding tert-OH is 2. The van der Waals surface area contributed by atoms with Gasteiger partial charge in [0.05, 0.1) is 17.9 Å². The van der Waals surface area contributed by atoms with Gasteiger partial charge in [0.25, 0.3) is 0 Å². The monoisotopic (exact) mass is 267 g/mol. The number of hydrogen-bond acceptors (Lipinski definition) is 3. The van der Waals surface area contributed by atoms with Gasteiger partial charge in [-0.3, -0.25) is 0 Å². The van der Waals surface area contributed by atoms with Crippen LogP contribution in [0.3, 0.4) is 0 Å². The van der Waals surface area contributed by atoms with Crippen molar-refractivity contribution in [3.63, 3.8) is 0 Å². The lowest BCUT2D eigenvalue weighted by atomic mass is 9.92. The highest BCUT2D eigenvalue weighted by molar-refractivity contribution is 5.49. The number of benzene rings is 1. The lowest BCUT2D eigenvalue weighted by molar-refractivity contribution is 0.110. The molecule has 4 heteroatoms. The van der Waals surface area contributed by atoms with Gasteiger partial charge in [0.2, 0.25) is 0 Å². The standard InChI is InChI=1S/C15H22FNO2/c1-10(18)12-5-7-17(8-6-12)15-4-3-13(11(2)19)9-14(15)16/h3-4,9-12,18-19H,5-8H2,1-2H3/t10?,11-/m1/s1. The molecule has 1 aliphatic heterocycles. The van der Waals surface area contributed by atoms with Crippen LogP contribution in [0.25, 0.3) is 0 Å². The molecule has 1 fully saturated rings. The van der Waals surface area contributed by atoms with E-state index in [-0.39, 0.29) is 11.9 Å². The zero-order chi connectivity index (χ0) is 14.0. The Morgan fingerprint density at radius 1 is 1.21 bits per heavy atom. The molecule has 2 atom stereocenters. The first-order valence-corrected chi connectivity index (χ1v) is 6.89. The van der Waals surface area contributed by atoms with Crippen LogP contribution < -0.4 is 4.90 Å². The molecule has 3 nitrogen and oxygen atoms in total. The molecule has 19 heavy (non-hydrogen) atoms. The van der Waals surface area contributed by atoms with E-state index in [0.717, 1.165) is 25.9 Å². The van der Waals surface area contributed by atoms with Crippen molar-refractivity contribution in [2.24, 2.45) is 5.92 Å². The van der Waals surface area contributed by atoms with E-state index in [1.165, 1.54) is 6.07 Å². The van der Waals surface area contributed by atoms with E-state index >= 15 is 0 Å². The molecule has 0 bridgehead atoms. The molecule has 2 rings (SSSR count). The van der Waals surface area contributed by atoms with Gasteiger partial charge in [-0.25, -0.2) is 4.39 Å². The maximum absolute atomic E-state index is 14.0. The number of nitrogens with zero attached hydrogens (tertiary/aromatic N) is 1. The third-order valence-corrected chi connectivity index (χ3v) is 4.02. The van der Waals surface area contributed by atoms with Crippen LogP contribution in [0, 0.1) is 11.7 Å². The summed E-state index contributed by atoms with van der Waals surface area (Å²) in [5, 5.41) is 19.0. The van der Waals surface area contributed by atoms with E-state index in [0.29, 0.717) is 17.2 Å². The zero-order valence-corrected chi connectivity index (χ0v) is 11.5. The predicted molar refractivity (Wildman–Crippen MR) is 73.7 cm³/mol. The number of halogens is 1. The summed E-state index contributed by atoms with van der Waals surface area (Å²) in [6.45, 7) is 4.97. The summed E-state index contributed by atoms with van der Waals surface area (Å²) in [6, 6.07) is 4.91. The maximum Gasteiger partial charge on any atom is 0.146 e. The van der Waals surface area contributed by atoms with E-state index in [1.807, 2.05) is 11.8 Å². The fraction of sp³-hybridized carbons (Fsp3) is 0.600. The summed E-state index contributed by atoms with van der Waals surface area (Å²) in [7, 11) is 0. The summed E-state index contributed by atoms with van der Waals surface area (Å²) in [5.74, 6) is 0.0324. The van der Waals surface area contributed by atoms with Gasteiger partial charge < -0.3 is 15.1 Å². The van der Waals surface area contributed by atoms with Gasteiger partial charge in [0, 0.05) is 13.1 Å². The molecule has 0 amide bonds. The topological polar surface area (TPSA) is 43.7 Å². The van der Waals surface area contributed by atoms with Gasteiger partial charge in [-0.05, 0) is 50.3 Å². The van der Waals surface area contributed by atoms with Crippen LogP contribution in [-0.2, 0) is 0 Å². The van der Waals surface area contributed by atoms with Crippen molar-refractivity contribution in [2.75, 3.05) is 18.0 Å². The first-order valence-electron chi connectivity index (χ1n) is 6.89. The number of piperidine rings is 1. The summed E-state index contributed by atoms with van der Waals surface area (Å²) >= 11 is 0. The average molecular weight is 267 g/mol. The molecule has 0 radical (unpaired) electrons. The van der Waals surface area contributed by atoms with E-state index in [2.05, 4.69) is 0 Å². The second-order valence-electron chi connectivity index (χ2n) is 5.45. The normalized spacial score (nSPS) is 20.4. The Hall–Kier alpha value is -1.13. The minimum absolute atomic E-state index is 0.283. The van der Waals surface area contributed by atoms with Gasteiger partial charge in [-0.15, -0.1) is 0 Å². The number of anilines is 1. The fourth-order valence-electron chi connectivity index (χ4n) is 2.66. The molecular weight excluding hydrogens is 245 g/mol. The van der Waals surface area contributed by atoms with Crippen LogP contribution in [0.1, 0.15) is 38.4 Å². The Kier molecular flexibility index (Phi) is 4.42. The third-order valence-electron chi connectivity index (χ3n) is 4.02. The van der Waals surface area contributed by atoms with Crippen molar-refractivity contribution in [1.29, 1.82) is 0 Å². The molecule has 0 aromatic heterocycles. The first kappa shape index (κ1) is 14.3. The molecular formula is C15H22FNO2. The van der Waals surface area contributed by atoms with E-state index in [9.17, 15) is 14.6 Å². The predicted octanol–water partition coefficient (Wildman–Crippen LogP) is 2.48. The molecule has 1 saturated heterocycles. The Labute approximate surface area is 113 Å². The number of rotatable bonds is 3. The molecule has 0 spiro atoms. The quantitative estimate of drug-likeness (QED) is 0.884. The third kappa shape index (κ3) is 3.25. The molecule has 1 aliphatic rings. The number of aliphatic hydroxyl groups is 2. The van der Waals surface area contributed by atoms with Crippen molar-refractivity contribution in [2.45, 2.75) is 38.9 Å². The molecule has 0 aliphatic carbocycles. The zero-order valence-electron chi connectivity index (χ0n) is 11.5. The Morgan fingerprint density at radius 2 is 1.84 bits per heavy atom. The molecule has 1 heterocycles. The second kappa shape index (κ2) is 5.88. The minimum Gasteiger partial charge on any atom is -0.393 e. The lowest BCUT2D eigenvalue weighted by Gasteiger charge is -2.35. The summed E-state index contributed by atoms with van der Waals surface area (Å²) in [4.78, 5) is 2.01. The van der Waals surface area contributed by atoms with E-state index < -0.39 is 6.10 Å². The van der Waals surface area contributed by atoms with Gasteiger partial charge in [-0.2, -0.15) is 0 Å². The molecule has 2 N–H and O–H groups in total. The second-order valence-corrected chi connectivity index (χ2v) is 5.45. The van der Waals surface area contributed by atoms with Crippen LogP contribution in [0.4, 0.5) is 10.1 Å². The van der Waals surface area contributed by atoms with E-state index in [1.54, 1.807) is 19.1 Å². The Morgan fingerprint density at radius 3 is 2.32 bits per heavy atom. The maximum atomic E-state index is 14.0.